The normalized spacial score (nSPS) is 19.5. The number of anilines is 1. The Kier molecular flexibility index (Phi) is 6.93. The second-order valence-corrected chi connectivity index (χ2v) is 8.72. The predicted molar refractivity (Wildman–Crippen MR) is 125 cm³/mol. The maximum Gasteiger partial charge on any atom is 0.204 e. The molecule has 3 N–H and O–H groups in total. The Morgan fingerprint density at radius 2 is 1.91 bits per heavy atom. The quantitative estimate of drug-likeness (QED) is 0.465. The van der Waals surface area contributed by atoms with E-state index >= 15 is 0 Å². The number of aliphatic hydroxyl groups excluding tert-OH is 1. The van der Waals surface area contributed by atoms with Crippen molar-refractivity contribution in [2.75, 3.05) is 31.5 Å². The van der Waals surface area contributed by atoms with Gasteiger partial charge in [-0.25, -0.2) is 4.98 Å². The highest BCUT2D eigenvalue weighted by Crippen LogP contribution is 2.25. The van der Waals surface area contributed by atoms with E-state index in [0.29, 0.717) is 12.2 Å². The van der Waals surface area contributed by atoms with Gasteiger partial charge in [0.05, 0.1) is 36.4 Å². The molecule has 32 heavy (non-hydrogen) atoms. The van der Waals surface area contributed by atoms with Crippen LogP contribution < -0.4 is 5.32 Å². The van der Waals surface area contributed by atoms with Gasteiger partial charge in [-0.1, -0.05) is 6.07 Å². The Labute approximate surface area is 188 Å². The summed E-state index contributed by atoms with van der Waals surface area (Å²) in [7, 11) is 0. The number of morpholine rings is 1. The van der Waals surface area contributed by atoms with Gasteiger partial charge in [-0.2, -0.15) is 0 Å². The van der Waals surface area contributed by atoms with Crippen LogP contribution in [0.1, 0.15) is 37.2 Å². The largest absolute Gasteiger partial charge is 0.506 e. The van der Waals surface area contributed by atoms with E-state index in [9.17, 15) is 10.2 Å². The molecule has 0 aliphatic carbocycles. The number of hydrogen-bond acceptors (Lipinski definition) is 7. The summed E-state index contributed by atoms with van der Waals surface area (Å²) in [6.45, 7) is 10.2. The van der Waals surface area contributed by atoms with Gasteiger partial charge in [-0.3, -0.25) is 9.88 Å². The molecule has 0 saturated carbocycles. The van der Waals surface area contributed by atoms with E-state index in [2.05, 4.69) is 29.0 Å². The zero-order valence-corrected chi connectivity index (χ0v) is 19.1. The smallest absolute Gasteiger partial charge is 0.204 e. The van der Waals surface area contributed by atoms with E-state index in [-0.39, 0.29) is 24.6 Å². The Hall–Kier alpha value is -2.68. The minimum Gasteiger partial charge on any atom is -0.506 e. The molecule has 1 saturated heterocycles. The number of nitrogens with one attached hydrogen (secondary N) is 1. The zero-order chi connectivity index (χ0) is 22.7. The number of ether oxygens (including phenoxy) is 1. The highest BCUT2D eigenvalue weighted by Gasteiger charge is 2.21. The first-order valence-corrected chi connectivity index (χ1v) is 11.3. The van der Waals surface area contributed by atoms with Crippen molar-refractivity contribution in [3.8, 4) is 5.75 Å². The van der Waals surface area contributed by atoms with Gasteiger partial charge in [0.25, 0.3) is 0 Å². The molecule has 8 heteroatoms. The molecule has 172 valence electrons. The Morgan fingerprint density at radius 1 is 1.12 bits per heavy atom. The van der Waals surface area contributed by atoms with Crippen molar-refractivity contribution in [3.05, 3.63) is 47.3 Å². The lowest BCUT2D eigenvalue weighted by Crippen LogP contribution is -2.45. The van der Waals surface area contributed by atoms with Gasteiger partial charge in [0.2, 0.25) is 5.95 Å². The maximum absolute atomic E-state index is 10.3. The van der Waals surface area contributed by atoms with E-state index in [1.54, 1.807) is 12.1 Å². The second-order valence-electron chi connectivity index (χ2n) is 8.72. The van der Waals surface area contributed by atoms with Crippen LogP contribution >= 0.6 is 0 Å². The average molecular weight is 440 g/mol. The molecular weight excluding hydrogens is 406 g/mol. The molecule has 0 spiro atoms. The molecule has 4 rings (SSSR count). The number of benzene rings is 1. The minimum atomic E-state index is -0.0256. The van der Waals surface area contributed by atoms with E-state index in [1.807, 2.05) is 29.7 Å². The van der Waals surface area contributed by atoms with Gasteiger partial charge in [0.15, 0.2) is 0 Å². The SMILES string of the molecule is Cc1ccc(O)c(Cn2c(NCCCN3C[C@@H](C)O[C@@H](C)C3)nc3cc(CO)ccc32)n1. The van der Waals surface area contributed by atoms with Crippen LogP contribution in [-0.2, 0) is 17.9 Å². The van der Waals surface area contributed by atoms with Gasteiger partial charge in [-0.15, -0.1) is 0 Å². The zero-order valence-electron chi connectivity index (χ0n) is 19.1. The Morgan fingerprint density at radius 3 is 2.66 bits per heavy atom. The van der Waals surface area contributed by atoms with Crippen LogP contribution in [0.3, 0.4) is 0 Å². The number of fused-ring (bicyclic) bond motifs is 1. The topological polar surface area (TPSA) is 95.7 Å². The fraction of sp³-hybridized carbons (Fsp3) is 0.500. The van der Waals surface area contributed by atoms with Crippen LogP contribution in [0.15, 0.2) is 30.3 Å². The summed E-state index contributed by atoms with van der Waals surface area (Å²) in [4.78, 5) is 11.7. The van der Waals surface area contributed by atoms with Crippen molar-refractivity contribution in [3.63, 3.8) is 0 Å². The first-order chi connectivity index (χ1) is 15.4. The van der Waals surface area contributed by atoms with E-state index in [0.717, 1.165) is 60.8 Å². The van der Waals surface area contributed by atoms with Crippen LogP contribution in [0.4, 0.5) is 5.95 Å². The standard InChI is InChI=1S/C24H33N5O3/c1-16-5-8-23(31)21(26-16)14-29-22-7-6-19(15-30)11-20(22)27-24(29)25-9-4-10-28-12-17(2)32-18(3)13-28/h5-8,11,17-18,30-31H,4,9-10,12-15H2,1-3H3,(H,25,27)/t17-,18+. The third-order valence-corrected chi connectivity index (χ3v) is 5.82. The van der Waals surface area contributed by atoms with Crippen molar-refractivity contribution >= 4 is 17.0 Å². The summed E-state index contributed by atoms with van der Waals surface area (Å²) >= 11 is 0. The first kappa shape index (κ1) is 22.5. The lowest BCUT2D eigenvalue weighted by Gasteiger charge is -2.35. The monoisotopic (exact) mass is 439 g/mol. The third-order valence-electron chi connectivity index (χ3n) is 5.82. The fourth-order valence-electron chi connectivity index (χ4n) is 4.41. The van der Waals surface area contributed by atoms with Crippen LogP contribution in [0.2, 0.25) is 0 Å². The van der Waals surface area contributed by atoms with Crippen LogP contribution in [0.25, 0.3) is 11.0 Å². The highest BCUT2D eigenvalue weighted by molar-refractivity contribution is 5.79. The van der Waals surface area contributed by atoms with Gasteiger partial charge < -0.3 is 24.8 Å². The van der Waals surface area contributed by atoms with Crippen molar-refractivity contribution in [1.82, 2.24) is 19.4 Å². The van der Waals surface area contributed by atoms with E-state index < -0.39 is 0 Å². The lowest BCUT2D eigenvalue weighted by atomic mass is 10.2. The summed E-state index contributed by atoms with van der Waals surface area (Å²) in [5.41, 5.74) is 4.02. The number of imidazole rings is 1. The number of aryl methyl sites for hydroxylation is 1. The van der Waals surface area contributed by atoms with E-state index in [4.69, 9.17) is 9.72 Å². The highest BCUT2D eigenvalue weighted by atomic mass is 16.5. The number of aromatic nitrogens is 3. The van der Waals surface area contributed by atoms with Gasteiger partial charge in [0, 0.05) is 31.9 Å². The van der Waals surface area contributed by atoms with Gasteiger partial charge in [-0.05, 0) is 57.0 Å². The molecular formula is C24H33N5O3. The molecule has 3 aromatic rings. The molecule has 1 aromatic carbocycles. The number of nitrogens with zero attached hydrogens (tertiary/aromatic N) is 4. The molecule has 2 atom stereocenters. The number of rotatable bonds is 8. The number of aromatic hydroxyl groups is 1. The molecule has 2 aromatic heterocycles. The van der Waals surface area contributed by atoms with Gasteiger partial charge >= 0.3 is 0 Å². The Bertz CT molecular complexity index is 1060. The molecule has 3 heterocycles. The minimum absolute atomic E-state index is 0.0256. The average Bonchev–Trinajstić information content (AvgIpc) is 3.09. The van der Waals surface area contributed by atoms with Crippen molar-refractivity contribution in [1.29, 1.82) is 0 Å². The second kappa shape index (κ2) is 9.85. The molecule has 1 aliphatic rings. The number of aliphatic hydroxyl groups is 1. The number of pyridine rings is 1. The predicted octanol–water partition coefficient (Wildman–Crippen LogP) is 2.90. The van der Waals surface area contributed by atoms with Crippen molar-refractivity contribution < 1.29 is 14.9 Å². The van der Waals surface area contributed by atoms with Crippen LogP contribution in [0.5, 0.6) is 5.75 Å². The van der Waals surface area contributed by atoms with Crippen molar-refractivity contribution in [2.24, 2.45) is 0 Å². The maximum atomic E-state index is 10.3. The third kappa shape index (κ3) is 5.20. The Balaban J connectivity index is 1.50. The fourth-order valence-corrected chi connectivity index (χ4v) is 4.41. The van der Waals surface area contributed by atoms with Crippen molar-refractivity contribution in [2.45, 2.75) is 52.6 Å². The van der Waals surface area contributed by atoms with Gasteiger partial charge in [0.1, 0.15) is 11.4 Å². The summed E-state index contributed by atoms with van der Waals surface area (Å²) in [5.74, 6) is 0.910. The van der Waals surface area contributed by atoms with Crippen LogP contribution in [-0.4, -0.2) is 68.0 Å². The molecule has 0 radical (unpaired) electrons. The molecule has 0 bridgehead atoms. The molecule has 0 unspecified atom stereocenters. The molecule has 1 fully saturated rings. The van der Waals surface area contributed by atoms with E-state index in [1.165, 1.54) is 0 Å². The lowest BCUT2D eigenvalue weighted by molar-refractivity contribution is -0.0678. The summed E-state index contributed by atoms with van der Waals surface area (Å²) in [5, 5.41) is 23.3. The summed E-state index contributed by atoms with van der Waals surface area (Å²) < 4.78 is 7.86. The van der Waals surface area contributed by atoms with Crippen LogP contribution in [0, 0.1) is 6.92 Å². The molecule has 1 aliphatic heterocycles. The summed E-state index contributed by atoms with van der Waals surface area (Å²) in [6.07, 6.45) is 1.52. The molecule has 8 nitrogen and oxygen atoms in total. The molecule has 0 amide bonds. The number of hydrogen-bond donors (Lipinski definition) is 3. The first-order valence-electron chi connectivity index (χ1n) is 11.3. The summed E-state index contributed by atoms with van der Waals surface area (Å²) in [6, 6.07) is 9.23.